The van der Waals surface area contributed by atoms with Crippen molar-refractivity contribution >= 4 is 34.4 Å². The number of ether oxygens (including phenoxy) is 1. The van der Waals surface area contributed by atoms with E-state index in [1.807, 2.05) is 40.9 Å². The van der Waals surface area contributed by atoms with Gasteiger partial charge < -0.3 is 9.30 Å². The Morgan fingerprint density at radius 2 is 1.68 bits per heavy atom. The maximum Gasteiger partial charge on any atom is 0.260 e. The molecule has 3 aromatic heterocycles. The Morgan fingerprint density at radius 1 is 0.929 bits per heavy atom. The van der Waals surface area contributed by atoms with Gasteiger partial charge >= 0.3 is 0 Å². The molecule has 28 heavy (non-hydrogen) atoms. The second-order valence-electron chi connectivity index (χ2n) is 6.79. The van der Waals surface area contributed by atoms with Gasteiger partial charge in [0.15, 0.2) is 0 Å². The summed E-state index contributed by atoms with van der Waals surface area (Å²) in [6, 6.07) is 18.4. The lowest BCUT2D eigenvalue weighted by molar-refractivity contribution is 0.344. The van der Waals surface area contributed by atoms with Crippen LogP contribution in [0, 0.1) is 0 Å². The molecule has 142 valence electrons. The van der Waals surface area contributed by atoms with Crippen molar-refractivity contribution in [1.82, 2.24) is 28.8 Å². The number of thioether (sulfide) groups is 1. The predicted molar refractivity (Wildman–Crippen MR) is 110 cm³/mol. The third-order valence-corrected chi connectivity index (χ3v) is 5.51. The Morgan fingerprint density at radius 3 is 2.46 bits per heavy atom. The van der Waals surface area contributed by atoms with Crippen LogP contribution in [0.2, 0.25) is 0 Å². The van der Waals surface area contributed by atoms with E-state index >= 15 is 0 Å². The number of fused-ring (bicyclic) bond motifs is 5. The summed E-state index contributed by atoms with van der Waals surface area (Å²) in [5, 5.41) is 14.3. The summed E-state index contributed by atoms with van der Waals surface area (Å²) in [4.78, 5) is 0. The van der Waals surface area contributed by atoms with Crippen molar-refractivity contribution in [3.8, 4) is 5.75 Å². The van der Waals surface area contributed by atoms with Gasteiger partial charge in [-0.25, -0.2) is 4.40 Å². The first-order chi connectivity index (χ1) is 13.7. The van der Waals surface area contributed by atoms with Crippen LogP contribution in [0.1, 0.15) is 19.9 Å². The van der Waals surface area contributed by atoms with Crippen molar-refractivity contribution in [1.29, 1.82) is 0 Å². The molecule has 0 atom stereocenters. The van der Waals surface area contributed by atoms with Crippen LogP contribution in [0.25, 0.3) is 22.6 Å². The lowest BCUT2D eigenvalue weighted by Crippen LogP contribution is -2.02. The molecule has 0 N–H and O–H groups in total. The van der Waals surface area contributed by atoms with Crippen molar-refractivity contribution in [2.24, 2.45) is 0 Å². The first-order valence-corrected chi connectivity index (χ1v) is 10.3. The predicted octanol–water partition coefficient (Wildman–Crippen LogP) is 4.08. The van der Waals surface area contributed by atoms with Crippen molar-refractivity contribution in [2.75, 3.05) is 12.4 Å². The number of nitrogens with zero attached hydrogens (tertiary/aromatic N) is 6. The molecule has 5 rings (SSSR count). The molecule has 0 amide bonds. The fourth-order valence-electron chi connectivity index (χ4n) is 3.45. The van der Waals surface area contributed by atoms with Crippen molar-refractivity contribution in [2.45, 2.75) is 25.0 Å². The lowest BCUT2D eigenvalue weighted by Gasteiger charge is -2.08. The van der Waals surface area contributed by atoms with Crippen LogP contribution in [0.5, 0.6) is 5.75 Å². The highest BCUT2D eigenvalue weighted by Gasteiger charge is 2.20. The van der Waals surface area contributed by atoms with Crippen LogP contribution in [-0.4, -0.2) is 41.1 Å². The average Bonchev–Trinajstić information content (AvgIpc) is 3.35. The molecule has 8 heteroatoms. The van der Waals surface area contributed by atoms with E-state index in [-0.39, 0.29) is 6.04 Å². The molecule has 0 fully saturated rings. The molecule has 0 saturated carbocycles. The van der Waals surface area contributed by atoms with Crippen molar-refractivity contribution in [3.05, 3.63) is 54.6 Å². The highest BCUT2D eigenvalue weighted by atomic mass is 32.2. The van der Waals surface area contributed by atoms with Gasteiger partial charge in [-0.2, -0.15) is 4.52 Å². The van der Waals surface area contributed by atoms with E-state index in [2.05, 4.69) is 51.2 Å². The number of hydrogen-bond donors (Lipinski definition) is 0. The molecule has 0 radical (unpaired) electrons. The van der Waals surface area contributed by atoms with Gasteiger partial charge in [0.1, 0.15) is 5.75 Å². The van der Waals surface area contributed by atoms with Crippen LogP contribution >= 0.6 is 11.8 Å². The molecule has 3 heterocycles. The zero-order chi connectivity index (χ0) is 19.1. The molecule has 7 nitrogen and oxygen atoms in total. The van der Waals surface area contributed by atoms with E-state index in [0.29, 0.717) is 6.61 Å². The largest absolute Gasteiger partial charge is 0.493 e. The van der Waals surface area contributed by atoms with Gasteiger partial charge in [0, 0.05) is 11.8 Å². The Labute approximate surface area is 165 Å². The minimum absolute atomic E-state index is 0.290. The SMILES string of the molecule is CC(C)n1c2ccccc2n2c1nn1c(SCCOc3ccccc3)nnc12. The number of para-hydroxylation sites is 3. The molecule has 2 aromatic carbocycles. The Kier molecular flexibility index (Phi) is 4.20. The molecule has 0 aliphatic rings. The molecule has 5 aromatic rings. The van der Waals surface area contributed by atoms with Crippen LogP contribution in [-0.2, 0) is 0 Å². The maximum absolute atomic E-state index is 5.76. The standard InChI is InChI=1S/C20H20N6OS/c1-14(2)24-16-10-6-7-11-17(16)25-18-21-22-20(26(18)23-19(24)25)28-13-12-27-15-8-4-3-5-9-15/h3-11,14H,12-13H2,1-2H3. The van der Waals surface area contributed by atoms with Gasteiger partial charge in [-0.3, -0.25) is 0 Å². The Bertz CT molecular complexity index is 1250. The fourth-order valence-corrected chi connectivity index (χ4v) is 4.15. The summed E-state index contributed by atoms with van der Waals surface area (Å²) < 4.78 is 11.9. The number of hydrogen-bond acceptors (Lipinski definition) is 5. The van der Waals surface area contributed by atoms with Crippen molar-refractivity contribution in [3.63, 3.8) is 0 Å². The second kappa shape index (κ2) is 6.87. The maximum atomic E-state index is 5.76. The van der Waals surface area contributed by atoms with Gasteiger partial charge in [-0.1, -0.05) is 42.1 Å². The summed E-state index contributed by atoms with van der Waals surface area (Å²) in [5.74, 6) is 3.25. The molecule has 0 aliphatic carbocycles. The van der Waals surface area contributed by atoms with E-state index in [1.54, 1.807) is 11.8 Å². The highest BCUT2D eigenvalue weighted by Crippen LogP contribution is 2.27. The van der Waals surface area contributed by atoms with E-state index in [9.17, 15) is 0 Å². The average molecular weight is 392 g/mol. The lowest BCUT2D eigenvalue weighted by atomic mass is 10.3. The smallest absolute Gasteiger partial charge is 0.260 e. The summed E-state index contributed by atoms with van der Waals surface area (Å²) >= 11 is 1.59. The molecule has 0 bridgehead atoms. The summed E-state index contributed by atoms with van der Waals surface area (Å²) in [6.07, 6.45) is 0. The second-order valence-corrected chi connectivity index (χ2v) is 7.85. The summed E-state index contributed by atoms with van der Waals surface area (Å²) in [5.41, 5.74) is 2.24. The molecular formula is C20H20N6OS. The first-order valence-electron chi connectivity index (χ1n) is 9.27. The van der Waals surface area contributed by atoms with Crippen LogP contribution in [0.4, 0.5) is 0 Å². The number of aromatic nitrogens is 6. The Balaban J connectivity index is 1.46. The quantitative estimate of drug-likeness (QED) is 0.322. The van der Waals surface area contributed by atoms with Gasteiger partial charge in [-0.05, 0) is 38.1 Å². The molecular weight excluding hydrogens is 372 g/mol. The zero-order valence-corrected chi connectivity index (χ0v) is 16.5. The van der Waals surface area contributed by atoms with Crippen LogP contribution < -0.4 is 4.74 Å². The zero-order valence-electron chi connectivity index (χ0n) is 15.7. The topological polar surface area (TPSA) is 61.7 Å². The van der Waals surface area contributed by atoms with Gasteiger partial charge in [0.2, 0.25) is 10.9 Å². The molecule has 0 unspecified atom stereocenters. The van der Waals surface area contributed by atoms with Gasteiger partial charge in [-0.15, -0.1) is 15.3 Å². The summed E-state index contributed by atoms with van der Waals surface area (Å²) in [6.45, 7) is 4.93. The highest BCUT2D eigenvalue weighted by molar-refractivity contribution is 7.99. The molecule has 0 spiro atoms. The van der Waals surface area contributed by atoms with Gasteiger partial charge in [0.05, 0.1) is 17.6 Å². The normalized spacial score (nSPS) is 12.0. The summed E-state index contributed by atoms with van der Waals surface area (Å²) in [7, 11) is 0. The molecule has 0 aliphatic heterocycles. The van der Waals surface area contributed by atoms with Crippen molar-refractivity contribution < 1.29 is 4.74 Å². The van der Waals surface area contributed by atoms with E-state index in [1.165, 1.54) is 0 Å². The fraction of sp³-hybridized carbons (Fsp3) is 0.250. The van der Waals surface area contributed by atoms with Crippen LogP contribution in [0.15, 0.2) is 59.8 Å². The van der Waals surface area contributed by atoms with Crippen LogP contribution in [0.3, 0.4) is 0 Å². The molecule has 0 saturated heterocycles. The minimum Gasteiger partial charge on any atom is -0.493 e. The van der Waals surface area contributed by atoms with E-state index < -0.39 is 0 Å². The van der Waals surface area contributed by atoms with E-state index in [4.69, 9.17) is 9.84 Å². The Hall–Kier alpha value is -3.00. The third kappa shape index (κ3) is 2.72. The van der Waals surface area contributed by atoms with E-state index in [0.717, 1.165) is 39.2 Å². The minimum atomic E-state index is 0.290. The monoisotopic (exact) mass is 392 g/mol. The number of rotatable bonds is 6. The third-order valence-electron chi connectivity index (χ3n) is 4.63. The number of benzene rings is 2. The van der Waals surface area contributed by atoms with Gasteiger partial charge in [0.25, 0.3) is 5.78 Å². The first kappa shape index (κ1) is 17.1. The number of imidazole rings is 1.